The average molecular weight is 496 g/mol. The number of ether oxygens (including phenoxy) is 2. The number of hydrogen-bond donors (Lipinski definition) is 0. The Hall–Kier alpha value is -0.680. The lowest BCUT2D eigenvalue weighted by Crippen LogP contribution is -2.54. The van der Waals surface area contributed by atoms with Crippen LogP contribution in [0.5, 0.6) is 0 Å². The molecule has 1 rings (SSSR count). The van der Waals surface area contributed by atoms with E-state index in [1.807, 2.05) is 0 Å². The molecule has 0 aromatic carbocycles. The van der Waals surface area contributed by atoms with Crippen LogP contribution in [0.4, 0.5) is 26.3 Å². The average Bonchev–Trinajstić information content (AvgIpc) is 2.59. The molecule has 0 bridgehead atoms. The summed E-state index contributed by atoms with van der Waals surface area (Å²) in [6, 6.07) is 0. The van der Waals surface area contributed by atoms with Crippen molar-refractivity contribution in [2.45, 2.75) is 37.2 Å². The summed E-state index contributed by atoms with van der Waals surface area (Å²) in [5.74, 6) is 0. The number of likely N-dealkylation sites (tertiary alicyclic amines) is 1. The minimum Gasteiger partial charge on any atom is -0.421 e. The number of piperidine rings is 1. The molecule has 0 saturated carbocycles. The van der Waals surface area contributed by atoms with Crippen LogP contribution in [-0.4, -0.2) is 85.4 Å². The van der Waals surface area contributed by atoms with Crippen LogP contribution < -0.4 is 0 Å². The van der Waals surface area contributed by atoms with Crippen molar-refractivity contribution in [2.75, 3.05) is 53.1 Å². The third-order valence-corrected chi connectivity index (χ3v) is 6.97. The van der Waals surface area contributed by atoms with Gasteiger partial charge in [-0.25, -0.2) is 16.8 Å². The van der Waals surface area contributed by atoms with Crippen molar-refractivity contribution in [2.24, 2.45) is 0 Å². The normalized spacial score (nSPS) is 17.9. The van der Waals surface area contributed by atoms with Gasteiger partial charge in [0.25, 0.3) is 0 Å². The van der Waals surface area contributed by atoms with Gasteiger partial charge in [-0.1, -0.05) is 0 Å². The van der Waals surface area contributed by atoms with Crippen molar-refractivity contribution in [1.29, 1.82) is 0 Å². The van der Waals surface area contributed by atoms with Gasteiger partial charge in [0.1, 0.15) is 13.1 Å². The maximum atomic E-state index is 11.4. The highest BCUT2D eigenvalue weighted by molar-refractivity contribution is 8.13. The zero-order valence-electron chi connectivity index (χ0n) is 16.5. The number of methoxy groups -OCH3 is 1. The number of alkyl halides is 6. The predicted molar refractivity (Wildman–Crippen MR) is 95.3 cm³/mol. The lowest BCUT2D eigenvalue weighted by molar-refractivity contribution is -0.933. The van der Waals surface area contributed by atoms with E-state index >= 15 is 0 Å². The van der Waals surface area contributed by atoms with Crippen LogP contribution in [0, 0.1) is 0 Å². The molecular weight excluding hydrogens is 470 g/mol. The van der Waals surface area contributed by atoms with Gasteiger partial charge in [0.2, 0.25) is 0 Å². The summed E-state index contributed by atoms with van der Waals surface area (Å²) in [4.78, 5) is 0. The molecule has 8 nitrogen and oxygen atoms in total. The predicted octanol–water partition coefficient (Wildman–Crippen LogP) is 2.73. The molecule has 0 aromatic rings. The Morgan fingerprint density at radius 1 is 0.833 bits per heavy atom. The second-order valence-electron chi connectivity index (χ2n) is 6.40. The summed E-state index contributed by atoms with van der Waals surface area (Å²) in [6.07, 6.45) is 4.15. The van der Waals surface area contributed by atoms with Crippen molar-refractivity contribution >= 4 is 20.0 Å². The van der Waals surface area contributed by atoms with Gasteiger partial charge in [0, 0.05) is 13.7 Å². The molecule has 0 aliphatic carbocycles. The first kappa shape index (κ1) is 29.3. The minimum atomic E-state index is -6.72. The molecule has 1 aliphatic heterocycles. The minimum absolute atomic E-state index is 0.778. The van der Waals surface area contributed by atoms with Gasteiger partial charge in [0.15, 0.2) is 20.0 Å². The topological polar surface area (TPSA) is 101 Å². The third kappa shape index (κ3) is 9.64. The highest BCUT2D eigenvalue weighted by atomic mass is 32.3. The highest BCUT2D eigenvalue weighted by Gasteiger charge is 2.46. The number of rotatable bonds is 9. The molecule has 1 aliphatic rings. The number of hydrogen-bond acceptors (Lipinski definition) is 6. The van der Waals surface area contributed by atoms with Crippen LogP contribution in [-0.2, 0) is 29.5 Å². The SMILES string of the molecule is CCOCC[N+]1(CCOC)CCCCC1.O=S(=O)([N-]S(=O)(=O)C(F)(F)F)C(F)(F)F. The van der Waals surface area contributed by atoms with Crippen LogP contribution in [0.1, 0.15) is 26.2 Å². The van der Waals surface area contributed by atoms with Gasteiger partial charge in [-0.3, -0.25) is 0 Å². The monoisotopic (exact) mass is 496 g/mol. The van der Waals surface area contributed by atoms with E-state index in [1.165, 1.54) is 36.8 Å². The largest absolute Gasteiger partial charge is 0.480 e. The van der Waals surface area contributed by atoms with E-state index < -0.39 is 31.1 Å². The first-order valence-corrected chi connectivity index (χ1v) is 11.7. The second kappa shape index (κ2) is 11.8. The Labute approximate surface area is 172 Å². The molecule has 16 heteroatoms. The van der Waals surface area contributed by atoms with Crippen molar-refractivity contribution in [3.63, 3.8) is 0 Å². The first-order valence-electron chi connectivity index (χ1n) is 8.82. The fourth-order valence-corrected chi connectivity index (χ4v) is 4.35. The molecule has 182 valence electrons. The molecule has 0 unspecified atom stereocenters. The summed E-state index contributed by atoms with van der Waals surface area (Å²) in [5.41, 5.74) is -12.4. The summed E-state index contributed by atoms with van der Waals surface area (Å²) in [5, 5.41) is 0. The number of quaternary nitrogens is 1. The van der Waals surface area contributed by atoms with E-state index in [1.54, 1.807) is 7.11 Å². The maximum absolute atomic E-state index is 11.4. The van der Waals surface area contributed by atoms with Crippen LogP contribution in [0.25, 0.3) is 4.13 Å². The molecule has 0 aromatic heterocycles. The van der Waals surface area contributed by atoms with Crippen LogP contribution >= 0.6 is 0 Å². The summed E-state index contributed by atoms with van der Waals surface area (Å²) in [7, 11) is -11.6. The summed E-state index contributed by atoms with van der Waals surface area (Å²) < 4.78 is 121. The lowest BCUT2D eigenvalue weighted by atomic mass is 10.1. The Morgan fingerprint density at radius 2 is 1.27 bits per heavy atom. The van der Waals surface area contributed by atoms with Gasteiger partial charge in [0.05, 0.1) is 26.3 Å². The Kier molecular flexibility index (Phi) is 11.5. The van der Waals surface area contributed by atoms with Crippen molar-refractivity contribution in [3.05, 3.63) is 4.13 Å². The van der Waals surface area contributed by atoms with Gasteiger partial charge >= 0.3 is 11.0 Å². The van der Waals surface area contributed by atoms with Crippen molar-refractivity contribution in [3.8, 4) is 0 Å². The fraction of sp³-hybridized carbons (Fsp3) is 1.00. The summed E-state index contributed by atoms with van der Waals surface area (Å²) in [6.45, 7) is 9.64. The van der Waals surface area contributed by atoms with Crippen LogP contribution in [0.3, 0.4) is 0 Å². The van der Waals surface area contributed by atoms with E-state index in [4.69, 9.17) is 9.47 Å². The highest BCUT2D eigenvalue weighted by Crippen LogP contribution is 2.36. The quantitative estimate of drug-likeness (QED) is 0.276. The second-order valence-corrected chi connectivity index (χ2v) is 9.82. The van der Waals surface area contributed by atoms with Crippen LogP contribution in [0.2, 0.25) is 0 Å². The van der Waals surface area contributed by atoms with Crippen molar-refractivity contribution in [1.82, 2.24) is 0 Å². The lowest BCUT2D eigenvalue weighted by Gasteiger charge is -2.41. The standard InChI is InChI=1S/C12H26NO2.C2F6NO4S2/c1-3-15-12-10-13(9-11-14-2)7-5-4-6-8-13;3-1(4,5)14(10,11)9-15(12,13)2(6,7)8/h3-12H2,1-2H3;/q+1;-1. The molecule has 1 fully saturated rings. The molecule has 0 spiro atoms. The van der Waals surface area contributed by atoms with Gasteiger partial charge in [-0.2, -0.15) is 26.3 Å². The molecule has 1 saturated heterocycles. The molecule has 0 atom stereocenters. The van der Waals surface area contributed by atoms with Crippen LogP contribution in [0.15, 0.2) is 0 Å². The number of nitrogens with zero attached hydrogens (tertiary/aromatic N) is 2. The fourth-order valence-electron chi connectivity index (χ4n) is 2.64. The molecular formula is C14H26F6N2O6S2. The van der Waals surface area contributed by atoms with E-state index in [0.717, 1.165) is 37.0 Å². The summed E-state index contributed by atoms with van der Waals surface area (Å²) >= 11 is 0. The van der Waals surface area contributed by atoms with E-state index in [0.29, 0.717) is 0 Å². The van der Waals surface area contributed by atoms with E-state index in [2.05, 4.69) is 6.92 Å². The first-order chi connectivity index (χ1) is 13.5. The van der Waals surface area contributed by atoms with Gasteiger partial charge < -0.3 is 18.1 Å². The zero-order valence-corrected chi connectivity index (χ0v) is 18.1. The Balaban J connectivity index is 0.000000561. The Morgan fingerprint density at radius 3 is 1.63 bits per heavy atom. The molecule has 1 heterocycles. The van der Waals surface area contributed by atoms with Gasteiger partial charge in [-0.15, -0.1) is 0 Å². The molecule has 0 amide bonds. The molecule has 0 radical (unpaired) electrons. The van der Waals surface area contributed by atoms with Gasteiger partial charge in [-0.05, 0) is 26.2 Å². The Bertz CT molecular complexity index is 661. The molecule has 30 heavy (non-hydrogen) atoms. The number of halogens is 6. The van der Waals surface area contributed by atoms with E-state index in [9.17, 15) is 43.2 Å². The zero-order chi connectivity index (χ0) is 23.7. The number of sulfonamides is 2. The smallest absolute Gasteiger partial charge is 0.421 e. The maximum Gasteiger partial charge on any atom is 0.480 e. The molecule has 0 N–H and O–H groups in total. The van der Waals surface area contributed by atoms with E-state index in [-0.39, 0.29) is 0 Å². The van der Waals surface area contributed by atoms with Crippen molar-refractivity contribution < 1.29 is 57.1 Å². The third-order valence-electron chi connectivity index (χ3n) is 4.23.